The summed E-state index contributed by atoms with van der Waals surface area (Å²) in [5.41, 5.74) is -0.235. The van der Waals surface area contributed by atoms with Crippen molar-refractivity contribution >= 4 is 5.69 Å². The number of anilines is 1. The van der Waals surface area contributed by atoms with Gasteiger partial charge in [-0.3, -0.25) is 4.68 Å². The minimum absolute atomic E-state index is 0.0607. The van der Waals surface area contributed by atoms with Gasteiger partial charge in [-0.1, -0.05) is 6.07 Å². The Kier molecular flexibility index (Phi) is 3.72. The SMILES string of the molecule is Cn1cc([C@@](C)(O)CNc2cccc(F)c2C#N)cn1. The third-order valence-electron chi connectivity index (χ3n) is 3.08. The normalized spacial score (nSPS) is 13.6. The van der Waals surface area contributed by atoms with E-state index in [0.29, 0.717) is 11.3 Å². The Labute approximate surface area is 116 Å². The molecular formula is C14H15FN4O. The van der Waals surface area contributed by atoms with Crippen molar-refractivity contribution < 1.29 is 9.50 Å². The lowest BCUT2D eigenvalue weighted by molar-refractivity contribution is 0.0714. The smallest absolute Gasteiger partial charge is 0.143 e. The molecule has 1 heterocycles. The molecule has 1 aromatic carbocycles. The molecule has 0 amide bonds. The molecule has 0 radical (unpaired) electrons. The van der Waals surface area contributed by atoms with Crippen LogP contribution in [0.4, 0.5) is 10.1 Å². The highest BCUT2D eigenvalue weighted by atomic mass is 19.1. The minimum Gasteiger partial charge on any atom is -0.383 e. The number of halogens is 1. The maximum atomic E-state index is 13.5. The van der Waals surface area contributed by atoms with Crippen molar-refractivity contribution in [3.8, 4) is 6.07 Å². The molecule has 5 nitrogen and oxygen atoms in total. The van der Waals surface area contributed by atoms with E-state index >= 15 is 0 Å². The molecule has 0 spiro atoms. The molecular weight excluding hydrogens is 259 g/mol. The van der Waals surface area contributed by atoms with Crippen molar-refractivity contribution in [3.63, 3.8) is 0 Å². The zero-order chi connectivity index (χ0) is 14.8. The van der Waals surface area contributed by atoms with Crippen LogP contribution in [0.1, 0.15) is 18.1 Å². The molecule has 0 aliphatic heterocycles. The predicted octanol–water partition coefficient (Wildman–Crippen LogP) is 1.75. The minimum atomic E-state index is -1.17. The largest absolute Gasteiger partial charge is 0.383 e. The van der Waals surface area contributed by atoms with Crippen molar-refractivity contribution in [2.75, 3.05) is 11.9 Å². The summed E-state index contributed by atoms with van der Waals surface area (Å²) in [7, 11) is 1.76. The Hall–Kier alpha value is -2.39. The molecule has 104 valence electrons. The number of nitrogens with zero attached hydrogens (tertiary/aromatic N) is 3. The third kappa shape index (κ3) is 2.78. The number of hydrogen-bond donors (Lipinski definition) is 2. The Morgan fingerprint density at radius 3 is 2.90 bits per heavy atom. The summed E-state index contributed by atoms with van der Waals surface area (Å²) in [5.74, 6) is -0.585. The molecule has 0 fully saturated rings. The lowest BCUT2D eigenvalue weighted by Gasteiger charge is -2.23. The first-order valence-corrected chi connectivity index (χ1v) is 6.08. The van der Waals surface area contributed by atoms with Crippen LogP contribution in [-0.4, -0.2) is 21.4 Å². The van der Waals surface area contributed by atoms with Crippen LogP contribution in [-0.2, 0) is 12.6 Å². The molecule has 0 saturated heterocycles. The fraction of sp³-hybridized carbons (Fsp3) is 0.286. The number of hydrogen-bond acceptors (Lipinski definition) is 4. The molecule has 2 aromatic rings. The van der Waals surface area contributed by atoms with E-state index in [1.165, 1.54) is 12.1 Å². The fourth-order valence-corrected chi connectivity index (χ4v) is 1.85. The Balaban J connectivity index is 2.17. The van der Waals surface area contributed by atoms with Crippen LogP contribution in [0.2, 0.25) is 0 Å². The summed E-state index contributed by atoms with van der Waals surface area (Å²) < 4.78 is 15.0. The average Bonchev–Trinajstić information content (AvgIpc) is 2.84. The lowest BCUT2D eigenvalue weighted by atomic mass is 9.99. The van der Waals surface area contributed by atoms with Gasteiger partial charge in [-0.2, -0.15) is 10.4 Å². The summed E-state index contributed by atoms with van der Waals surface area (Å²) in [4.78, 5) is 0. The van der Waals surface area contributed by atoms with Gasteiger partial charge in [0.15, 0.2) is 0 Å². The number of nitrogens with one attached hydrogen (secondary N) is 1. The van der Waals surface area contributed by atoms with E-state index in [1.807, 2.05) is 6.07 Å². The van der Waals surface area contributed by atoms with Gasteiger partial charge in [0.25, 0.3) is 0 Å². The number of aliphatic hydroxyl groups is 1. The van der Waals surface area contributed by atoms with Gasteiger partial charge in [-0.25, -0.2) is 4.39 Å². The Morgan fingerprint density at radius 2 is 2.30 bits per heavy atom. The van der Waals surface area contributed by atoms with Crippen LogP contribution < -0.4 is 5.32 Å². The van der Waals surface area contributed by atoms with Crippen molar-refractivity contribution in [1.82, 2.24) is 9.78 Å². The van der Waals surface area contributed by atoms with Gasteiger partial charge in [-0.05, 0) is 19.1 Å². The zero-order valence-electron chi connectivity index (χ0n) is 11.3. The second-order valence-electron chi connectivity index (χ2n) is 4.80. The fourth-order valence-electron chi connectivity index (χ4n) is 1.85. The number of aryl methyl sites for hydroxylation is 1. The van der Waals surface area contributed by atoms with Gasteiger partial charge in [-0.15, -0.1) is 0 Å². The summed E-state index contributed by atoms with van der Waals surface area (Å²) in [6, 6.07) is 6.14. The molecule has 20 heavy (non-hydrogen) atoms. The maximum absolute atomic E-state index is 13.5. The summed E-state index contributed by atoms with van der Waals surface area (Å²) in [6.07, 6.45) is 3.27. The molecule has 0 saturated carbocycles. The van der Waals surface area contributed by atoms with Gasteiger partial charge in [0, 0.05) is 25.4 Å². The molecule has 2 N–H and O–H groups in total. The number of nitriles is 1. The van der Waals surface area contributed by atoms with E-state index in [1.54, 1.807) is 37.1 Å². The Bertz CT molecular complexity index is 657. The van der Waals surface area contributed by atoms with Crippen LogP contribution >= 0.6 is 0 Å². The van der Waals surface area contributed by atoms with Crippen molar-refractivity contribution in [1.29, 1.82) is 5.26 Å². The summed E-state index contributed by atoms with van der Waals surface area (Å²) in [6.45, 7) is 1.76. The zero-order valence-corrected chi connectivity index (χ0v) is 11.3. The van der Waals surface area contributed by atoms with E-state index in [9.17, 15) is 9.50 Å². The highest BCUT2D eigenvalue weighted by Crippen LogP contribution is 2.23. The van der Waals surface area contributed by atoms with E-state index in [-0.39, 0.29) is 12.1 Å². The van der Waals surface area contributed by atoms with Crippen molar-refractivity contribution in [2.24, 2.45) is 7.05 Å². The molecule has 0 bridgehead atoms. The van der Waals surface area contributed by atoms with E-state index in [0.717, 1.165) is 0 Å². The van der Waals surface area contributed by atoms with Gasteiger partial charge in [0.2, 0.25) is 0 Å². The molecule has 0 aliphatic rings. The van der Waals surface area contributed by atoms with Crippen LogP contribution in [0, 0.1) is 17.1 Å². The molecule has 6 heteroatoms. The quantitative estimate of drug-likeness (QED) is 0.890. The number of rotatable bonds is 4. The van der Waals surface area contributed by atoms with Crippen LogP contribution in [0.15, 0.2) is 30.6 Å². The van der Waals surface area contributed by atoms with Gasteiger partial charge in [0.05, 0.1) is 11.9 Å². The molecule has 0 aliphatic carbocycles. The van der Waals surface area contributed by atoms with Crippen molar-refractivity contribution in [3.05, 3.63) is 47.5 Å². The van der Waals surface area contributed by atoms with Crippen molar-refractivity contribution in [2.45, 2.75) is 12.5 Å². The highest BCUT2D eigenvalue weighted by Gasteiger charge is 2.25. The summed E-state index contributed by atoms with van der Waals surface area (Å²) >= 11 is 0. The standard InChI is InChI=1S/C14H15FN4O/c1-14(20,10-7-18-19(2)8-10)9-17-13-5-3-4-12(15)11(13)6-16/h3-5,7-8,17,20H,9H2,1-2H3/t14-/m0/s1. The van der Waals surface area contributed by atoms with E-state index in [4.69, 9.17) is 5.26 Å². The second kappa shape index (κ2) is 5.31. The monoisotopic (exact) mass is 274 g/mol. The third-order valence-corrected chi connectivity index (χ3v) is 3.08. The topological polar surface area (TPSA) is 73.9 Å². The average molecular weight is 274 g/mol. The first-order chi connectivity index (χ1) is 9.44. The van der Waals surface area contributed by atoms with Crippen LogP contribution in [0.25, 0.3) is 0 Å². The second-order valence-corrected chi connectivity index (χ2v) is 4.80. The molecule has 1 atom stereocenters. The van der Waals surface area contributed by atoms with Gasteiger partial charge >= 0.3 is 0 Å². The van der Waals surface area contributed by atoms with E-state index in [2.05, 4.69) is 10.4 Å². The molecule has 1 aromatic heterocycles. The lowest BCUT2D eigenvalue weighted by Crippen LogP contribution is -2.30. The highest BCUT2D eigenvalue weighted by molar-refractivity contribution is 5.58. The van der Waals surface area contributed by atoms with Gasteiger partial charge in [0.1, 0.15) is 23.1 Å². The van der Waals surface area contributed by atoms with Crippen LogP contribution in [0.3, 0.4) is 0 Å². The Morgan fingerprint density at radius 1 is 1.55 bits per heavy atom. The first kappa shape index (κ1) is 14.0. The first-order valence-electron chi connectivity index (χ1n) is 6.08. The maximum Gasteiger partial charge on any atom is 0.143 e. The van der Waals surface area contributed by atoms with Crippen LogP contribution in [0.5, 0.6) is 0 Å². The summed E-state index contributed by atoms with van der Waals surface area (Å²) in [5, 5.41) is 26.2. The molecule has 2 rings (SSSR count). The predicted molar refractivity (Wildman–Crippen MR) is 72.4 cm³/mol. The van der Waals surface area contributed by atoms with Gasteiger partial charge < -0.3 is 10.4 Å². The number of benzene rings is 1. The van der Waals surface area contributed by atoms with E-state index < -0.39 is 11.4 Å². The molecule has 0 unspecified atom stereocenters. The number of aromatic nitrogens is 2.